The van der Waals surface area contributed by atoms with E-state index in [0.717, 1.165) is 13.1 Å². The predicted molar refractivity (Wildman–Crippen MR) is 85.1 cm³/mol. The van der Waals surface area contributed by atoms with Crippen molar-refractivity contribution in [2.75, 3.05) is 33.2 Å². The molecule has 1 aliphatic heterocycles. The van der Waals surface area contributed by atoms with Crippen LogP contribution in [0.3, 0.4) is 0 Å². The van der Waals surface area contributed by atoms with E-state index in [4.69, 9.17) is 0 Å². The van der Waals surface area contributed by atoms with Crippen LogP contribution in [-0.2, 0) is 13.1 Å². The first kappa shape index (κ1) is 13.7. The Bertz CT molecular complexity index is 592. The number of rotatable bonds is 3. The van der Waals surface area contributed by atoms with E-state index >= 15 is 0 Å². The standard InChI is InChI=1S/C17H25N3/c1-4-20-13-15(12-19-9-7-18(3)8-10-19)16-11-14(2)5-6-17(16)20/h5-6,11,13H,4,7-10,12H2,1-3H3. The normalized spacial score (nSPS) is 17.9. The number of nitrogens with zero attached hydrogens (tertiary/aromatic N) is 3. The molecule has 0 amide bonds. The van der Waals surface area contributed by atoms with Gasteiger partial charge < -0.3 is 9.47 Å². The fraction of sp³-hybridized carbons (Fsp3) is 0.529. The molecular formula is C17H25N3. The van der Waals surface area contributed by atoms with Crippen molar-refractivity contribution in [1.82, 2.24) is 14.4 Å². The van der Waals surface area contributed by atoms with Crippen LogP contribution in [0.2, 0.25) is 0 Å². The van der Waals surface area contributed by atoms with Crippen LogP contribution in [-0.4, -0.2) is 47.6 Å². The maximum atomic E-state index is 2.58. The number of fused-ring (bicyclic) bond motifs is 1. The summed E-state index contributed by atoms with van der Waals surface area (Å²) < 4.78 is 2.38. The van der Waals surface area contributed by atoms with Gasteiger partial charge in [-0.15, -0.1) is 0 Å². The zero-order valence-electron chi connectivity index (χ0n) is 12.9. The Balaban J connectivity index is 1.89. The van der Waals surface area contributed by atoms with Crippen molar-refractivity contribution in [3.8, 4) is 0 Å². The second-order valence-electron chi connectivity index (χ2n) is 6.04. The Morgan fingerprint density at radius 2 is 1.85 bits per heavy atom. The zero-order valence-corrected chi connectivity index (χ0v) is 12.9. The molecule has 0 unspecified atom stereocenters. The topological polar surface area (TPSA) is 11.4 Å². The Kier molecular flexibility index (Phi) is 3.81. The average Bonchev–Trinajstić information content (AvgIpc) is 2.79. The third-order valence-corrected chi connectivity index (χ3v) is 4.45. The molecular weight excluding hydrogens is 246 g/mol. The number of benzene rings is 1. The maximum absolute atomic E-state index is 2.58. The van der Waals surface area contributed by atoms with E-state index in [-0.39, 0.29) is 0 Å². The molecule has 0 spiro atoms. The molecule has 20 heavy (non-hydrogen) atoms. The summed E-state index contributed by atoms with van der Waals surface area (Å²) in [6, 6.07) is 6.82. The summed E-state index contributed by atoms with van der Waals surface area (Å²) in [7, 11) is 2.21. The molecule has 0 radical (unpaired) electrons. The summed E-state index contributed by atoms with van der Waals surface area (Å²) in [5, 5.41) is 1.44. The van der Waals surface area contributed by atoms with Gasteiger partial charge in [-0.25, -0.2) is 0 Å². The number of aryl methyl sites for hydroxylation is 2. The summed E-state index contributed by atoms with van der Waals surface area (Å²) in [5.74, 6) is 0. The van der Waals surface area contributed by atoms with E-state index in [1.807, 2.05) is 0 Å². The van der Waals surface area contributed by atoms with Crippen molar-refractivity contribution >= 4 is 10.9 Å². The number of hydrogen-bond acceptors (Lipinski definition) is 2. The molecule has 2 heterocycles. The van der Waals surface area contributed by atoms with Crippen LogP contribution in [0.1, 0.15) is 18.1 Å². The van der Waals surface area contributed by atoms with Gasteiger partial charge in [0, 0.05) is 56.4 Å². The van der Waals surface area contributed by atoms with Gasteiger partial charge in [0.05, 0.1) is 0 Å². The highest BCUT2D eigenvalue weighted by Crippen LogP contribution is 2.24. The second kappa shape index (κ2) is 5.58. The van der Waals surface area contributed by atoms with E-state index in [1.54, 1.807) is 0 Å². The monoisotopic (exact) mass is 271 g/mol. The fourth-order valence-electron chi connectivity index (χ4n) is 3.12. The van der Waals surface area contributed by atoms with Crippen molar-refractivity contribution in [2.24, 2.45) is 0 Å². The van der Waals surface area contributed by atoms with Gasteiger partial charge in [-0.05, 0) is 38.6 Å². The third kappa shape index (κ3) is 2.60. The molecule has 3 nitrogen and oxygen atoms in total. The van der Waals surface area contributed by atoms with E-state index < -0.39 is 0 Å². The Morgan fingerprint density at radius 3 is 2.55 bits per heavy atom. The number of piperazine rings is 1. The van der Waals surface area contributed by atoms with Gasteiger partial charge in [-0.3, -0.25) is 4.90 Å². The lowest BCUT2D eigenvalue weighted by molar-refractivity contribution is 0.148. The van der Waals surface area contributed by atoms with E-state index in [0.29, 0.717) is 0 Å². The molecule has 1 aromatic carbocycles. The van der Waals surface area contributed by atoms with Crippen LogP contribution in [0.15, 0.2) is 24.4 Å². The first-order valence-electron chi connectivity index (χ1n) is 7.66. The molecule has 0 saturated carbocycles. The highest BCUT2D eigenvalue weighted by atomic mass is 15.2. The molecule has 108 valence electrons. The largest absolute Gasteiger partial charge is 0.347 e. The van der Waals surface area contributed by atoms with Gasteiger partial charge in [0.25, 0.3) is 0 Å². The lowest BCUT2D eigenvalue weighted by atomic mass is 10.1. The summed E-state index contributed by atoms with van der Waals surface area (Å²) in [6.07, 6.45) is 2.35. The molecule has 3 heteroatoms. The molecule has 2 aromatic rings. The molecule has 0 atom stereocenters. The van der Waals surface area contributed by atoms with Crippen LogP contribution in [0.25, 0.3) is 10.9 Å². The number of hydrogen-bond donors (Lipinski definition) is 0. The summed E-state index contributed by atoms with van der Waals surface area (Å²) in [5.41, 5.74) is 4.21. The van der Waals surface area contributed by atoms with Crippen LogP contribution in [0, 0.1) is 6.92 Å². The highest BCUT2D eigenvalue weighted by Gasteiger charge is 2.16. The Morgan fingerprint density at radius 1 is 1.10 bits per heavy atom. The zero-order chi connectivity index (χ0) is 14.1. The smallest absolute Gasteiger partial charge is 0.0483 e. The van der Waals surface area contributed by atoms with E-state index in [9.17, 15) is 0 Å². The molecule has 1 fully saturated rings. The van der Waals surface area contributed by atoms with Gasteiger partial charge >= 0.3 is 0 Å². The van der Waals surface area contributed by atoms with Crippen LogP contribution in [0.5, 0.6) is 0 Å². The minimum absolute atomic E-state index is 1.04. The third-order valence-electron chi connectivity index (χ3n) is 4.45. The molecule has 0 bridgehead atoms. The molecule has 1 aliphatic rings. The van der Waals surface area contributed by atoms with Crippen LogP contribution in [0.4, 0.5) is 0 Å². The molecule has 3 rings (SSSR count). The summed E-state index contributed by atoms with van der Waals surface area (Å²) >= 11 is 0. The molecule has 1 aromatic heterocycles. The van der Waals surface area contributed by atoms with Crippen molar-refractivity contribution in [2.45, 2.75) is 26.9 Å². The van der Waals surface area contributed by atoms with E-state index in [2.05, 4.69) is 59.7 Å². The predicted octanol–water partition coefficient (Wildman–Crippen LogP) is 2.72. The molecule has 1 saturated heterocycles. The van der Waals surface area contributed by atoms with Crippen molar-refractivity contribution in [3.05, 3.63) is 35.5 Å². The van der Waals surface area contributed by atoms with Crippen LogP contribution < -0.4 is 0 Å². The van der Waals surface area contributed by atoms with Crippen molar-refractivity contribution < 1.29 is 0 Å². The average molecular weight is 271 g/mol. The summed E-state index contributed by atoms with van der Waals surface area (Å²) in [4.78, 5) is 4.99. The quantitative estimate of drug-likeness (QED) is 0.850. The SMILES string of the molecule is CCn1cc(CN2CCN(C)CC2)c2cc(C)ccc21. The maximum Gasteiger partial charge on any atom is 0.0483 e. The lowest BCUT2D eigenvalue weighted by Crippen LogP contribution is -2.43. The minimum Gasteiger partial charge on any atom is -0.347 e. The van der Waals surface area contributed by atoms with Gasteiger partial charge in [0.1, 0.15) is 0 Å². The number of likely N-dealkylation sites (N-methyl/N-ethyl adjacent to an activating group) is 1. The first-order chi connectivity index (χ1) is 9.67. The Hall–Kier alpha value is -1.32. The number of aromatic nitrogens is 1. The fourth-order valence-corrected chi connectivity index (χ4v) is 3.12. The highest BCUT2D eigenvalue weighted by molar-refractivity contribution is 5.84. The van der Waals surface area contributed by atoms with Gasteiger partial charge in [-0.1, -0.05) is 11.6 Å². The van der Waals surface area contributed by atoms with Crippen LogP contribution >= 0.6 is 0 Å². The first-order valence-corrected chi connectivity index (χ1v) is 7.66. The molecule has 0 aliphatic carbocycles. The van der Waals surface area contributed by atoms with Crippen molar-refractivity contribution in [1.29, 1.82) is 0 Å². The van der Waals surface area contributed by atoms with Crippen molar-refractivity contribution in [3.63, 3.8) is 0 Å². The lowest BCUT2D eigenvalue weighted by Gasteiger charge is -2.32. The van der Waals surface area contributed by atoms with Gasteiger partial charge in [0.15, 0.2) is 0 Å². The molecule has 0 N–H and O–H groups in total. The van der Waals surface area contributed by atoms with Gasteiger partial charge in [0.2, 0.25) is 0 Å². The van der Waals surface area contributed by atoms with E-state index in [1.165, 1.54) is 48.2 Å². The Labute approximate surface area is 121 Å². The second-order valence-corrected chi connectivity index (χ2v) is 6.04. The summed E-state index contributed by atoms with van der Waals surface area (Å²) in [6.45, 7) is 11.3. The van der Waals surface area contributed by atoms with Gasteiger partial charge in [-0.2, -0.15) is 0 Å². The minimum atomic E-state index is 1.04.